The van der Waals surface area contributed by atoms with Crippen LogP contribution in [0.2, 0.25) is 15.1 Å². The van der Waals surface area contributed by atoms with E-state index in [-0.39, 0.29) is 139 Å². The topological polar surface area (TPSA) is 167 Å². The van der Waals surface area contributed by atoms with Crippen LogP contribution in [-0.2, 0) is 9.68 Å². The standard InChI is InChI=1S/C11H9BrClNO2.C10H7BrClNO.C9H5BrClNO.C2H5BrO.CH2O3.BBr3.2K.H/c12-8-5-7-9(13)1-2-14-10(7)6-11(8)16-4-3-15;1-14-10-5-9-6(4-7(10)11)8(12)2-3-13-9;10-6-3-5-7(11)1-2-12-8(5)4-9(6)13;3-1-2-4;2-1-4-3;2-1(3)4;;;/h1-2,5-6,15H,3-4H2;2-5H,1H3;1-4,13H;4H,1-2H2;1,3H;;;;/q;;;;;;2*+1;-1/p-1. The average Bonchev–Trinajstić information content (AvgIpc) is 3.16. The zero-order valence-corrected chi connectivity index (χ0v) is 49.5. The second-order valence-electron chi connectivity index (χ2n) is 9.43. The van der Waals surface area contributed by atoms with Gasteiger partial charge in [-0.15, -0.1) is 47.3 Å². The molecule has 3 N–H and O–H groups in total. The van der Waals surface area contributed by atoms with Crippen LogP contribution in [0.5, 0.6) is 17.2 Å². The van der Waals surface area contributed by atoms with Gasteiger partial charge >= 0.3 is 106 Å². The zero-order chi connectivity index (χ0) is 41.5. The van der Waals surface area contributed by atoms with Gasteiger partial charge in [-0.05, 0) is 84.2 Å². The van der Waals surface area contributed by atoms with Gasteiger partial charge in [-0.2, -0.15) is 0 Å². The van der Waals surface area contributed by atoms with Crippen molar-refractivity contribution in [3.8, 4) is 17.2 Å². The van der Waals surface area contributed by atoms with Gasteiger partial charge in [0.2, 0.25) is 0 Å². The van der Waals surface area contributed by atoms with Gasteiger partial charge in [-0.1, -0.05) is 50.7 Å². The summed E-state index contributed by atoms with van der Waals surface area (Å²) in [7, 11) is 1.62. The Morgan fingerprint density at radius 2 is 1.09 bits per heavy atom. The minimum atomic E-state index is -0.181. The molecule has 0 fully saturated rings. The molecule has 0 spiro atoms. The number of carbonyl (C=O) groups excluding carboxylic acids is 1. The van der Waals surface area contributed by atoms with E-state index in [0.29, 0.717) is 36.1 Å². The number of methoxy groups -OCH3 is 1. The van der Waals surface area contributed by atoms with E-state index in [0.717, 1.165) is 41.9 Å². The van der Waals surface area contributed by atoms with Gasteiger partial charge in [0.25, 0.3) is 6.47 Å². The van der Waals surface area contributed by atoms with Crippen LogP contribution in [0.1, 0.15) is 1.43 Å². The summed E-state index contributed by atoms with van der Waals surface area (Å²) in [5, 5.41) is 39.6. The van der Waals surface area contributed by atoms with Crippen molar-refractivity contribution < 1.29 is 144 Å². The van der Waals surface area contributed by atoms with Gasteiger partial charge < -0.3 is 36.4 Å². The maximum absolute atomic E-state index is 9.38. The van der Waals surface area contributed by atoms with Crippen molar-refractivity contribution in [2.24, 2.45) is 0 Å². The van der Waals surface area contributed by atoms with Gasteiger partial charge in [0.1, 0.15) is 23.9 Å². The zero-order valence-electron chi connectivity index (χ0n) is 30.9. The first-order valence-corrected chi connectivity index (χ1v) is 22.1. The summed E-state index contributed by atoms with van der Waals surface area (Å²) in [4.78, 5) is 23.7. The smallest absolute Gasteiger partial charge is 1.00 e. The summed E-state index contributed by atoms with van der Waals surface area (Å²) >= 11 is 40.3. The van der Waals surface area contributed by atoms with E-state index in [2.05, 4.69) is 131 Å². The maximum Gasteiger partial charge on any atom is 1.00 e. The molecule has 3 aromatic heterocycles. The van der Waals surface area contributed by atoms with Crippen LogP contribution in [0.25, 0.3) is 32.7 Å². The molecule has 298 valence electrons. The number of pyridine rings is 3. The van der Waals surface area contributed by atoms with Crippen molar-refractivity contribution in [2.75, 3.05) is 32.3 Å². The molecule has 6 rings (SSSR count). The number of rotatable bonds is 6. The van der Waals surface area contributed by atoms with Crippen LogP contribution in [-0.4, -0.2) is 72.2 Å². The van der Waals surface area contributed by atoms with Gasteiger partial charge in [0.05, 0.1) is 65.4 Å². The molecule has 11 nitrogen and oxygen atoms in total. The van der Waals surface area contributed by atoms with E-state index in [9.17, 15) is 5.11 Å². The fourth-order valence-corrected chi connectivity index (χ4v) is 5.70. The summed E-state index contributed by atoms with van der Waals surface area (Å²) in [6, 6.07) is 16.0. The van der Waals surface area contributed by atoms with Gasteiger partial charge in [0.15, 0.2) is 0 Å². The fourth-order valence-electron chi connectivity index (χ4n) is 3.77. The van der Waals surface area contributed by atoms with Crippen LogP contribution in [0.15, 0.2) is 86.6 Å². The van der Waals surface area contributed by atoms with E-state index >= 15 is 0 Å². The Labute approximate surface area is 489 Å². The Kier molecular flexibility index (Phi) is 38.2. The number of hydrogen-bond donors (Lipinski definition) is 3. The Morgan fingerprint density at radius 3 is 1.44 bits per heavy atom. The number of alkyl halides is 1. The third-order valence-electron chi connectivity index (χ3n) is 5.93. The molecule has 24 heteroatoms. The molecule has 0 atom stereocenters. The van der Waals surface area contributed by atoms with E-state index in [4.69, 9.17) is 64.5 Å². The number of phenols is 1. The number of ether oxygens (including phenoxy) is 2. The molecule has 3 aromatic carbocycles. The summed E-state index contributed by atoms with van der Waals surface area (Å²) in [5.74, 6) is 1.57. The van der Waals surface area contributed by atoms with E-state index in [1.165, 1.54) is 0 Å². The molecule has 57 heavy (non-hydrogen) atoms. The van der Waals surface area contributed by atoms with Crippen molar-refractivity contribution in [3.63, 3.8) is 0 Å². The van der Waals surface area contributed by atoms with Crippen molar-refractivity contribution in [3.05, 3.63) is 102 Å². The van der Waals surface area contributed by atoms with Gasteiger partial charge in [-0.3, -0.25) is 19.7 Å². The number of fused-ring (bicyclic) bond motifs is 3. The van der Waals surface area contributed by atoms with Crippen LogP contribution in [0.4, 0.5) is 0 Å². The molecule has 3 heterocycles. The monoisotopic (exact) mass is 1340 g/mol. The summed E-state index contributed by atoms with van der Waals surface area (Å²) < 4.78 is 13.1. The SMILES string of the molecule is BrB(Br)Br.COc1cc2nccc(Cl)c2cc1Br.O=CO[O-].OCCBr.OCCOc1cc2nccc(Cl)c2cc1Br.Oc1cc2nccc(Cl)c2cc1Br.[H-].[K+].[K+]. The Bertz CT molecular complexity index is 2120. The normalized spacial score (nSPS) is 9.37. The summed E-state index contributed by atoms with van der Waals surface area (Å²) in [5.41, 5.74) is 2.29. The number of hydrogen-bond acceptors (Lipinski definition) is 11. The minimum absolute atomic E-state index is 0. The number of aromatic hydroxyl groups is 1. The Balaban J connectivity index is -0.000000673. The predicted molar refractivity (Wildman–Crippen MR) is 246 cm³/mol. The first-order chi connectivity index (χ1) is 26.2. The molecule has 0 bridgehead atoms. The Hall–Kier alpha value is 2.21. The minimum Gasteiger partial charge on any atom is -1.00 e. The molecule has 6 aromatic rings. The van der Waals surface area contributed by atoms with Crippen molar-refractivity contribution in [2.45, 2.75) is 0 Å². The van der Waals surface area contributed by atoms with Crippen LogP contribution in [0.3, 0.4) is 0 Å². The molecule has 0 aliphatic carbocycles. The van der Waals surface area contributed by atoms with Crippen LogP contribution >= 0.6 is 146 Å². The predicted octanol–water partition coefficient (Wildman–Crippen LogP) is 5.12. The number of carbonyl (C=O) groups is 1. The molecular formula is C33H28BBr7Cl3K2N3O8. The summed E-state index contributed by atoms with van der Waals surface area (Å²) in [6.07, 6.45) is 4.93. The van der Waals surface area contributed by atoms with Crippen molar-refractivity contribution in [1.29, 1.82) is 0 Å². The molecule has 0 saturated carbocycles. The molecule has 0 radical (unpaired) electrons. The first-order valence-electron chi connectivity index (χ1n) is 14.7. The van der Waals surface area contributed by atoms with Gasteiger partial charge in [0, 0.05) is 58.3 Å². The number of aliphatic hydroxyl groups is 2. The largest absolute Gasteiger partial charge is 1.00 e. The molecule has 0 aliphatic heterocycles. The number of benzene rings is 3. The van der Waals surface area contributed by atoms with E-state index < -0.39 is 0 Å². The van der Waals surface area contributed by atoms with Crippen molar-refractivity contribution in [1.82, 2.24) is 15.0 Å². The molecule has 0 amide bonds. The first kappa shape index (κ1) is 61.3. The Morgan fingerprint density at radius 1 is 0.737 bits per heavy atom. The molecule has 0 aliphatic rings. The number of halogens is 10. The van der Waals surface area contributed by atoms with Crippen molar-refractivity contribution >= 4 is 188 Å². The quantitative estimate of drug-likeness (QED) is 0.0667. The second-order valence-corrected chi connectivity index (χ2v) is 20.4. The van der Waals surface area contributed by atoms with Gasteiger partial charge in [-0.25, -0.2) is 0 Å². The third-order valence-corrected chi connectivity index (χ3v) is 9.15. The number of aromatic nitrogens is 3. The van der Waals surface area contributed by atoms with Crippen LogP contribution < -0.4 is 118 Å². The van der Waals surface area contributed by atoms with Crippen LogP contribution in [0, 0.1) is 0 Å². The number of nitrogens with zero attached hydrogens (tertiary/aromatic N) is 3. The average molecular weight is 1350 g/mol. The molecule has 0 saturated heterocycles. The fraction of sp³-hybridized carbons (Fsp3) is 0.152. The van der Waals surface area contributed by atoms with E-state index in [1.54, 1.807) is 62.1 Å². The number of phenolic OH excluding ortho intramolecular Hbond substituents is 1. The number of aliphatic hydroxyl groups excluding tert-OH is 2. The molecular weight excluding hydrogens is 1320 g/mol. The third kappa shape index (κ3) is 23.6. The van der Waals surface area contributed by atoms with E-state index in [1.807, 2.05) is 18.2 Å². The summed E-state index contributed by atoms with van der Waals surface area (Å²) in [6.45, 7) is 0.290. The molecule has 0 unspecified atom stereocenters. The second kappa shape index (κ2) is 35.5. The maximum atomic E-state index is 9.38.